The Morgan fingerprint density at radius 1 is 1.44 bits per heavy atom. The molecule has 1 aromatic carbocycles. The maximum atomic E-state index is 5.96. The van der Waals surface area contributed by atoms with Crippen LogP contribution in [0.5, 0.6) is 5.75 Å². The van der Waals surface area contributed by atoms with Gasteiger partial charge in [0.15, 0.2) is 0 Å². The topological polar surface area (TPSA) is 33.7 Å². The second-order valence-electron chi connectivity index (χ2n) is 4.58. The van der Waals surface area contributed by atoms with Crippen molar-refractivity contribution in [3.63, 3.8) is 0 Å². The Balaban J connectivity index is 1.79. The van der Waals surface area contributed by atoms with E-state index in [1.165, 1.54) is 0 Å². The fourth-order valence-electron chi connectivity index (χ4n) is 2.07. The summed E-state index contributed by atoms with van der Waals surface area (Å²) in [6.45, 7) is 6.29. The second-order valence-corrected chi connectivity index (χ2v) is 4.58. The van der Waals surface area contributed by atoms with Crippen LogP contribution in [0.2, 0.25) is 0 Å². The van der Waals surface area contributed by atoms with E-state index in [0.29, 0.717) is 0 Å². The lowest BCUT2D eigenvalue weighted by Gasteiger charge is -2.30. The van der Waals surface area contributed by atoms with Crippen LogP contribution >= 0.6 is 0 Å². The minimum Gasteiger partial charge on any atom is -0.485 e. The van der Waals surface area contributed by atoms with Crippen molar-refractivity contribution in [2.24, 2.45) is 0 Å². The van der Waals surface area contributed by atoms with E-state index in [0.717, 1.165) is 44.3 Å². The maximum Gasteiger partial charge on any atom is 0.142 e. The molecule has 0 aliphatic carbocycles. The van der Waals surface area contributed by atoms with Gasteiger partial charge in [-0.1, -0.05) is 12.1 Å². The number of rotatable bonds is 6. The Bertz CT molecular complexity index is 371. The minimum atomic E-state index is 0.200. The van der Waals surface area contributed by atoms with Crippen LogP contribution in [0.1, 0.15) is 6.92 Å². The molecule has 0 saturated heterocycles. The molecule has 0 aromatic heterocycles. The Morgan fingerprint density at radius 2 is 2.28 bits per heavy atom. The standard InChI is InChI=1S/C14H22N2O2/c1-3-17-9-8-16(2)11-12-10-15-13-6-4-5-7-14(13)18-12/h4-7,12,15H,3,8-11H2,1-2H3. The Labute approximate surface area is 109 Å². The molecule has 4 nitrogen and oxygen atoms in total. The number of nitrogens with one attached hydrogen (secondary N) is 1. The third-order valence-corrected chi connectivity index (χ3v) is 3.04. The molecule has 0 amide bonds. The molecule has 4 heteroatoms. The van der Waals surface area contributed by atoms with Gasteiger partial charge in [-0.3, -0.25) is 0 Å². The Hall–Kier alpha value is -1.26. The summed E-state index contributed by atoms with van der Waals surface area (Å²) >= 11 is 0. The van der Waals surface area contributed by atoms with Crippen molar-refractivity contribution < 1.29 is 9.47 Å². The predicted octanol–water partition coefficient (Wildman–Crippen LogP) is 1.83. The molecule has 0 spiro atoms. The van der Waals surface area contributed by atoms with Gasteiger partial charge in [0.05, 0.1) is 18.8 Å². The van der Waals surface area contributed by atoms with Crippen molar-refractivity contribution in [1.82, 2.24) is 4.90 Å². The van der Waals surface area contributed by atoms with Gasteiger partial charge in [-0.25, -0.2) is 0 Å². The lowest BCUT2D eigenvalue weighted by molar-refractivity contribution is 0.0994. The number of fused-ring (bicyclic) bond motifs is 1. The molecule has 0 bridgehead atoms. The highest BCUT2D eigenvalue weighted by Crippen LogP contribution is 2.28. The molecular formula is C14H22N2O2. The van der Waals surface area contributed by atoms with E-state index in [-0.39, 0.29) is 6.10 Å². The van der Waals surface area contributed by atoms with Crippen molar-refractivity contribution >= 4 is 5.69 Å². The third-order valence-electron chi connectivity index (χ3n) is 3.04. The average molecular weight is 250 g/mol. The fraction of sp³-hybridized carbons (Fsp3) is 0.571. The highest BCUT2D eigenvalue weighted by atomic mass is 16.5. The first-order valence-electron chi connectivity index (χ1n) is 6.55. The van der Waals surface area contributed by atoms with Gasteiger partial charge in [-0.15, -0.1) is 0 Å². The molecule has 100 valence electrons. The summed E-state index contributed by atoms with van der Waals surface area (Å²) in [5, 5.41) is 3.40. The highest BCUT2D eigenvalue weighted by Gasteiger charge is 2.19. The molecule has 18 heavy (non-hydrogen) atoms. The van der Waals surface area contributed by atoms with Crippen LogP contribution in [0.4, 0.5) is 5.69 Å². The molecule has 1 atom stereocenters. The largest absolute Gasteiger partial charge is 0.485 e. The van der Waals surface area contributed by atoms with E-state index < -0.39 is 0 Å². The molecule has 1 aromatic rings. The van der Waals surface area contributed by atoms with E-state index in [1.54, 1.807) is 0 Å². The number of para-hydroxylation sites is 2. The Kier molecular flexibility index (Phi) is 4.84. The molecule has 1 aliphatic rings. The number of hydrogen-bond acceptors (Lipinski definition) is 4. The summed E-state index contributed by atoms with van der Waals surface area (Å²) in [6.07, 6.45) is 0.200. The number of likely N-dealkylation sites (N-methyl/N-ethyl adjacent to an activating group) is 1. The van der Waals surface area contributed by atoms with Crippen LogP contribution in [0.25, 0.3) is 0 Å². The lowest BCUT2D eigenvalue weighted by atomic mass is 10.2. The van der Waals surface area contributed by atoms with Crippen LogP contribution in [0.3, 0.4) is 0 Å². The second kappa shape index (κ2) is 6.61. The first-order valence-corrected chi connectivity index (χ1v) is 6.55. The summed E-state index contributed by atoms with van der Waals surface area (Å²) < 4.78 is 11.3. The summed E-state index contributed by atoms with van der Waals surface area (Å²) in [4.78, 5) is 2.25. The molecule has 1 heterocycles. The van der Waals surface area contributed by atoms with E-state index in [2.05, 4.69) is 17.3 Å². The number of benzene rings is 1. The number of ether oxygens (including phenoxy) is 2. The molecule has 0 saturated carbocycles. The molecule has 1 N–H and O–H groups in total. The van der Waals surface area contributed by atoms with E-state index in [4.69, 9.17) is 9.47 Å². The average Bonchev–Trinajstić information content (AvgIpc) is 2.39. The molecule has 1 unspecified atom stereocenters. The normalized spacial score (nSPS) is 18.1. The van der Waals surface area contributed by atoms with Gasteiger partial charge in [0, 0.05) is 19.7 Å². The summed E-state index contributed by atoms with van der Waals surface area (Å²) in [5.41, 5.74) is 1.09. The lowest BCUT2D eigenvalue weighted by Crippen LogP contribution is -2.41. The van der Waals surface area contributed by atoms with Crippen molar-refractivity contribution in [3.8, 4) is 5.75 Å². The molecule has 0 fully saturated rings. The summed E-state index contributed by atoms with van der Waals surface area (Å²) in [7, 11) is 2.10. The fourth-order valence-corrected chi connectivity index (χ4v) is 2.07. The van der Waals surface area contributed by atoms with Crippen LogP contribution in [0, 0.1) is 0 Å². The summed E-state index contributed by atoms with van der Waals surface area (Å²) in [6, 6.07) is 8.07. The molecule has 1 aliphatic heterocycles. The monoisotopic (exact) mass is 250 g/mol. The van der Waals surface area contributed by atoms with Gasteiger partial charge >= 0.3 is 0 Å². The zero-order valence-corrected chi connectivity index (χ0v) is 11.2. The van der Waals surface area contributed by atoms with Crippen molar-refractivity contribution in [2.45, 2.75) is 13.0 Å². The number of nitrogens with zero attached hydrogens (tertiary/aromatic N) is 1. The van der Waals surface area contributed by atoms with Gasteiger partial charge in [-0.2, -0.15) is 0 Å². The highest BCUT2D eigenvalue weighted by molar-refractivity contribution is 5.57. The van der Waals surface area contributed by atoms with Gasteiger partial charge < -0.3 is 19.7 Å². The van der Waals surface area contributed by atoms with Crippen LogP contribution in [-0.4, -0.2) is 50.9 Å². The van der Waals surface area contributed by atoms with Crippen molar-refractivity contribution in [2.75, 3.05) is 45.2 Å². The van der Waals surface area contributed by atoms with Gasteiger partial charge in [0.2, 0.25) is 0 Å². The van der Waals surface area contributed by atoms with Crippen LogP contribution in [0.15, 0.2) is 24.3 Å². The van der Waals surface area contributed by atoms with Crippen molar-refractivity contribution in [1.29, 1.82) is 0 Å². The van der Waals surface area contributed by atoms with E-state index in [1.807, 2.05) is 31.2 Å². The van der Waals surface area contributed by atoms with Crippen LogP contribution < -0.4 is 10.1 Å². The third kappa shape index (κ3) is 3.62. The zero-order valence-electron chi connectivity index (χ0n) is 11.2. The predicted molar refractivity (Wildman–Crippen MR) is 73.3 cm³/mol. The van der Waals surface area contributed by atoms with Gasteiger partial charge in [0.1, 0.15) is 11.9 Å². The smallest absolute Gasteiger partial charge is 0.142 e. The SMILES string of the molecule is CCOCCN(C)CC1CNc2ccccc2O1. The zero-order chi connectivity index (χ0) is 12.8. The molecular weight excluding hydrogens is 228 g/mol. The van der Waals surface area contributed by atoms with Crippen LogP contribution in [-0.2, 0) is 4.74 Å². The van der Waals surface area contributed by atoms with E-state index >= 15 is 0 Å². The number of anilines is 1. The van der Waals surface area contributed by atoms with Gasteiger partial charge in [0.25, 0.3) is 0 Å². The van der Waals surface area contributed by atoms with Crippen molar-refractivity contribution in [3.05, 3.63) is 24.3 Å². The first kappa shape index (κ1) is 13.2. The van der Waals surface area contributed by atoms with Gasteiger partial charge in [-0.05, 0) is 26.1 Å². The maximum absolute atomic E-state index is 5.96. The number of hydrogen-bond donors (Lipinski definition) is 1. The van der Waals surface area contributed by atoms with E-state index in [9.17, 15) is 0 Å². The first-order chi connectivity index (χ1) is 8.79. The minimum absolute atomic E-state index is 0.200. The quantitative estimate of drug-likeness (QED) is 0.781. The Morgan fingerprint density at radius 3 is 3.11 bits per heavy atom. The molecule has 2 rings (SSSR count). The summed E-state index contributed by atoms with van der Waals surface area (Å²) in [5.74, 6) is 0.951. The molecule has 0 radical (unpaired) electrons.